The van der Waals surface area contributed by atoms with E-state index < -0.39 is 41.5 Å². The van der Waals surface area contributed by atoms with E-state index in [-0.39, 0.29) is 17.7 Å². The Kier molecular flexibility index (Phi) is 5.63. The number of hydrogen-bond acceptors (Lipinski definition) is 2. The average molecular weight is 323 g/mol. The predicted molar refractivity (Wildman–Crippen MR) is 74.9 cm³/mol. The zero-order chi connectivity index (χ0) is 16.4. The molecule has 1 heterocycles. The molecule has 5 nitrogen and oxygen atoms in total. The number of carboxylic acids is 1. The van der Waals surface area contributed by atoms with Crippen LogP contribution in [0.1, 0.15) is 33.6 Å². The molecule has 0 spiro atoms. The molecule has 2 unspecified atom stereocenters. The molecule has 1 aliphatic rings. The van der Waals surface area contributed by atoms with E-state index in [1.165, 1.54) is 32.9 Å². The largest absolute Gasteiger partial charge is 0.481 e. The van der Waals surface area contributed by atoms with Crippen LogP contribution in [0.3, 0.4) is 0 Å². The van der Waals surface area contributed by atoms with Gasteiger partial charge in [0.1, 0.15) is 0 Å². The van der Waals surface area contributed by atoms with E-state index in [0.29, 0.717) is 0 Å². The molecule has 1 saturated heterocycles. The molecule has 0 amide bonds. The number of piperidine rings is 1. The molecule has 21 heavy (non-hydrogen) atoms. The summed E-state index contributed by atoms with van der Waals surface area (Å²) in [5, 5.41) is 8.70. The van der Waals surface area contributed by atoms with Crippen LogP contribution < -0.4 is 0 Å². The molecular formula is C13H19F2NO4S. The molecule has 0 saturated carbocycles. The minimum Gasteiger partial charge on any atom is -0.481 e. The first-order valence-corrected chi connectivity index (χ1v) is 7.58. The van der Waals surface area contributed by atoms with Crippen molar-refractivity contribution < 1.29 is 27.4 Å². The number of allylic oxidation sites excluding steroid dienone is 3. The molecule has 8 heteroatoms. The van der Waals surface area contributed by atoms with Gasteiger partial charge in [0.15, 0.2) is 0 Å². The van der Waals surface area contributed by atoms with Gasteiger partial charge >= 0.3 is 5.97 Å². The summed E-state index contributed by atoms with van der Waals surface area (Å²) in [6, 6.07) is -0.958. The Morgan fingerprint density at radius 1 is 1.43 bits per heavy atom. The first kappa shape index (κ1) is 17.8. The van der Waals surface area contributed by atoms with E-state index >= 15 is 0 Å². The molecule has 0 bridgehead atoms. The summed E-state index contributed by atoms with van der Waals surface area (Å²) < 4.78 is 51.1. The second-order valence-electron chi connectivity index (χ2n) is 4.84. The SMILES string of the molecule is CC=C1/C(=C\C)C(F)(F)C(CCC(=O)O)[C@@H](C)N1S(=O)O. The quantitative estimate of drug-likeness (QED) is 0.780. The van der Waals surface area contributed by atoms with E-state index in [0.717, 1.165) is 4.31 Å². The second kappa shape index (κ2) is 6.65. The fourth-order valence-corrected chi connectivity index (χ4v) is 3.53. The lowest BCUT2D eigenvalue weighted by Crippen LogP contribution is -2.53. The van der Waals surface area contributed by atoms with Gasteiger partial charge in [-0.15, -0.1) is 0 Å². The van der Waals surface area contributed by atoms with Crippen LogP contribution in [0.25, 0.3) is 0 Å². The van der Waals surface area contributed by atoms with Crippen molar-refractivity contribution in [3.63, 3.8) is 0 Å². The number of carboxylic acid groups (broad SMARTS) is 1. The highest BCUT2D eigenvalue weighted by atomic mass is 32.2. The number of rotatable bonds is 4. The van der Waals surface area contributed by atoms with Crippen molar-refractivity contribution >= 4 is 17.2 Å². The van der Waals surface area contributed by atoms with Crippen LogP contribution in [0.5, 0.6) is 0 Å². The number of halogens is 2. The second-order valence-corrected chi connectivity index (χ2v) is 5.69. The summed E-state index contributed by atoms with van der Waals surface area (Å²) in [5.41, 5.74) is -0.344. The van der Waals surface area contributed by atoms with Gasteiger partial charge in [-0.2, -0.15) is 0 Å². The zero-order valence-electron chi connectivity index (χ0n) is 12.0. The Bertz CT molecular complexity index is 504. The topological polar surface area (TPSA) is 77.8 Å². The molecule has 0 aliphatic carbocycles. The normalized spacial score (nSPS) is 30.7. The molecule has 1 rings (SSSR count). The van der Waals surface area contributed by atoms with Gasteiger partial charge in [0.05, 0.1) is 11.7 Å². The van der Waals surface area contributed by atoms with Gasteiger partial charge in [0.2, 0.25) is 0 Å². The van der Waals surface area contributed by atoms with Gasteiger partial charge in [-0.25, -0.2) is 13.0 Å². The van der Waals surface area contributed by atoms with E-state index in [1.807, 2.05) is 0 Å². The first-order valence-electron chi connectivity index (χ1n) is 6.51. The van der Waals surface area contributed by atoms with Crippen molar-refractivity contribution in [2.45, 2.75) is 45.6 Å². The van der Waals surface area contributed by atoms with Crippen molar-refractivity contribution in [2.24, 2.45) is 5.92 Å². The lowest BCUT2D eigenvalue weighted by molar-refractivity contribution is -0.138. The third-order valence-corrected chi connectivity index (χ3v) is 4.56. The molecule has 0 aromatic carbocycles. The lowest BCUT2D eigenvalue weighted by atomic mass is 9.80. The maximum atomic E-state index is 14.6. The number of hydrogen-bond donors (Lipinski definition) is 2. The van der Waals surface area contributed by atoms with Crippen LogP contribution in [-0.4, -0.2) is 36.1 Å². The maximum absolute atomic E-state index is 14.6. The Balaban J connectivity index is 3.31. The van der Waals surface area contributed by atoms with Gasteiger partial charge < -0.3 is 5.11 Å². The highest BCUT2D eigenvalue weighted by Crippen LogP contribution is 2.48. The van der Waals surface area contributed by atoms with Crippen molar-refractivity contribution in [3.8, 4) is 0 Å². The minimum absolute atomic E-state index is 0.00223. The van der Waals surface area contributed by atoms with Gasteiger partial charge in [0.25, 0.3) is 17.2 Å². The maximum Gasteiger partial charge on any atom is 0.303 e. The van der Waals surface area contributed by atoms with Crippen LogP contribution >= 0.6 is 0 Å². The third-order valence-electron chi connectivity index (χ3n) is 3.69. The van der Waals surface area contributed by atoms with Crippen molar-refractivity contribution in [2.75, 3.05) is 0 Å². The third kappa shape index (κ3) is 3.32. The number of aliphatic carboxylic acids is 1. The van der Waals surface area contributed by atoms with Crippen molar-refractivity contribution in [1.29, 1.82) is 0 Å². The summed E-state index contributed by atoms with van der Waals surface area (Å²) in [6.45, 7) is 4.35. The smallest absolute Gasteiger partial charge is 0.303 e. The van der Waals surface area contributed by atoms with Crippen LogP contribution in [-0.2, 0) is 16.1 Å². The summed E-state index contributed by atoms with van der Waals surface area (Å²) >= 11 is -2.46. The Hall–Kier alpha value is -1.28. The molecule has 120 valence electrons. The minimum atomic E-state index is -3.25. The average Bonchev–Trinajstić information content (AvgIpc) is 2.35. The van der Waals surface area contributed by atoms with Gasteiger partial charge in [-0.3, -0.25) is 13.7 Å². The Labute approximate surface area is 124 Å². The highest BCUT2D eigenvalue weighted by Gasteiger charge is 2.54. The van der Waals surface area contributed by atoms with Gasteiger partial charge in [-0.05, 0) is 27.2 Å². The number of carbonyl (C=O) groups is 1. The first-order chi connectivity index (χ1) is 9.68. The standard InChI is InChI=1S/C13H19F2NO4S/c1-4-9-11(5-2)16(21(19)20)8(3)10(13(9,14)15)6-7-12(17)18/h4-5,8,10H,6-7H2,1-3H3,(H,17,18)(H,19,20)/b9-4+,11-5?/t8-,10?/m1/s1. The molecular weight excluding hydrogens is 304 g/mol. The molecule has 1 fully saturated rings. The van der Waals surface area contributed by atoms with E-state index in [1.54, 1.807) is 0 Å². The van der Waals surface area contributed by atoms with Crippen LogP contribution in [0.15, 0.2) is 23.4 Å². The fourth-order valence-electron chi connectivity index (χ4n) is 2.73. The molecule has 0 radical (unpaired) electrons. The molecule has 3 atom stereocenters. The van der Waals surface area contributed by atoms with Crippen LogP contribution in [0.2, 0.25) is 0 Å². The zero-order valence-corrected chi connectivity index (χ0v) is 12.9. The monoisotopic (exact) mass is 323 g/mol. The molecule has 0 aromatic rings. The van der Waals surface area contributed by atoms with Crippen LogP contribution in [0, 0.1) is 5.92 Å². The molecule has 1 aliphatic heterocycles. The Morgan fingerprint density at radius 3 is 2.38 bits per heavy atom. The van der Waals surface area contributed by atoms with Crippen molar-refractivity contribution in [1.82, 2.24) is 4.31 Å². The van der Waals surface area contributed by atoms with E-state index in [2.05, 4.69) is 0 Å². The lowest BCUT2D eigenvalue weighted by Gasteiger charge is -2.45. The summed E-state index contributed by atoms with van der Waals surface area (Å²) in [6.07, 6.45) is 1.88. The highest BCUT2D eigenvalue weighted by molar-refractivity contribution is 7.76. The molecule has 0 aromatic heterocycles. The Morgan fingerprint density at radius 2 is 2.00 bits per heavy atom. The fraction of sp³-hybridized carbons (Fsp3) is 0.615. The molecule has 2 N–H and O–H groups in total. The number of nitrogens with zero attached hydrogens (tertiary/aromatic N) is 1. The van der Waals surface area contributed by atoms with Gasteiger partial charge in [-0.1, -0.05) is 12.2 Å². The van der Waals surface area contributed by atoms with E-state index in [4.69, 9.17) is 5.11 Å². The van der Waals surface area contributed by atoms with Gasteiger partial charge in [0, 0.05) is 17.9 Å². The number of alkyl halides is 2. The summed E-state index contributed by atoms with van der Waals surface area (Å²) in [4.78, 5) is 10.7. The van der Waals surface area contributed by atoms with Crippen LogP contribution in [0.4, 0.5) is 8.78 Å². The predicted octanol–water partition coefficient (Wildman–Crippen LogP) is 2.79. The van der Waals surface area contributed by atoms with Crippen molar-refractivity contribution in [3.05, 3.63) is 23.4 Å². The summed E-state index contributed by atoms with van der Waals surface area (Å²) in [5.74, 6) is -5.77. The summed E-state index contributed by atoms with van der Waals surface area (Å²) in [7, 11) is 0. The van der Waals surface area contributed by atoms with E-state index in [9.17, 15) is 22.3 Å².